The molecule has 8 heteroatoms. The van der Waals surface area contributed by atoms with Gasteiger partial charge in [0.25, 0.3) is 5.92 Å². The lowest BCUT2D eigenvalue weighted by atomic mass is 10.2. The Labute approximate surface area is 120 Å². The number of amides is 1. The second-order valence-corrected chi connectivity index (χ2v) is 6.47. The summed E-state index contributed by atoms with van der Waals surface area (Å²) >= 11 is 0.997. The van der Waals surface area contributed by atoms with Crippen molar-refractivity contribution in [2.24, 2.45) is 5.73 Å². The van der Waals surface area contributed by atoms with Crippen LogP contribution in [0.5, 0.6) is 0 Å². The number of carbonyl (C=O) groups is 1. The molecule has 0 aromatic carbocycles. The number of halogens is 2. The summed E-state index contributed by atoms with van der Waals surface area (Å²) in [5, 5.41) is 2.67. The quantitative estimate of drug-likeness (QED) is 0.896. The van der Waals surface area contributed by atoms with E-state index in [9.17, 15) is 13.6 Å². The van der Waals surface area contributed by atoms with Crippen molar-refractivity contribution in [3.8, 4) is 0 Å². The second kappa shape index (κ2) is 6.01. The fraction of sp³-hybridized carbons (Fsp3) is 0.667. The highest BCUT2D eigenvalue weighted by Gasteiger charge is 2.29. The number of hydrogen-bond acceptors (Lipinski definition) is 5. The summed E-state index contributed by atoms with van der Waals surface area (Å²) in [5.74, 6) is -2.97. The van der Waals surface area contributed by atoms with Gasteiger partial charge in [-0.15, -0.1) is 11.3 Å². The summed E-state index contributed by atoms with van der Waals surface area (Å²) in [6.07, 6.45) is -1.15. The number of ether oxygens (including phenoxy) is 1. The number of aromatic nitrogens is 1. The van der Waals surface area contributed by atoms with Crippen molar-refractivity contribution in [1.82, 2.24) is 4.98 Å². The molecule has 0 saturated carbocycles. The molecule has 0 bridgehead atoms. The van der Waals surface area contributed by atoms with Crippen molar-refractivity contribution in [3.05, 3.63) is 10.6 Å². The van der Waals surface area contributed by atoms with E-state index in [4.69, 9.17) is 10.5 Å². The lowest BCUT2D eigenvalue weighted by Gasteiger charge is -2.18. The molecule has 1 aromatic rings. The number of anilines is 1. The average molecular weight is 307 g/mol. The van der Waals surface area contributed by atoms with E-state index in [-0.39, 0.29) is 5.13 Å². The molecule has 1 heterocycles. The first-order valence-corrected chi connectivity index (χ1v) is 6.88. The summed E-state index contributed by atoms with van der Waals surface area (Å²) in [6.45, 7) is 6.07. The molecule has 1 amide bonds. The summed E-state index contributed by atoms with van der Waals surface area (Å²) in [7, 11) is 0. The highest BCUT2D eigenvalue weighted by molar-refractivity contribution is 7.15. The van der Waals surface area contributed by atoms with Crippen LogP contribution in [-0.2, 0) is 11.2 Å². The number of thiazole rings is 1. The van der Waals surface area contributed by atoms with Crippen LogP contribution in [0.25, 0.3) is 0 Å². The Bertz CT molecular complexity index is 484. The van der Waals surface area contributed by atoms with Crippen molar-refractivity contribution < 1.29 is 18.3 Å². The lowest BCUT2D eigenvalue weighted by Crippen LogP contribution is -2.30. The van der Waals surface area contributed by atoms with Gasteiger partial charge in [0.05, 0.1) is 12.2 Å². The highest BCUT2D eigenvalue weighted by Crippen LogP contribution is 2.28. The van der Waals surface area contributed by atoms with Crippen LogP contribution in [0.1, 0.15) is 31.3 Å². The van der Waals surface area contributed by atoms with Gasteiger partial charge in [-0.3, -0.25) is 5.32 Å². The second-order valence-electron chi connectivity index (χ2n) is 5.39. The number of nitrogens with one attached hydrogen (secondary N) is 1. The van der Waals surface area contributed by atoms with Gasteiger partial charge in [-0.05, 0) is 27.7 Å². The standard InChI is InChI=1S/C12H19F2N3O2S/c1-7-8(5-12(13,14)6-15)20-9(16-7)17-10(18)19-11(2,3)4/h5-6,15H2,1-4H3,(H,16,17,18). The third kappa shape index (κ3) is 5.38. The zero-order valence-corrected chi connectivity index (χ0v) is 12.7. The molecule has 0 saturated heterocycles. The zero-order valence-electron chi connectivity index (χ0n) is 11.9. The Morgan fingerprint density at radius 2 is 2.05 bits per heavy atom. The average Bonchev–Trinajstić information content (AvgIpc) is 2.55. The highest BCUT2D eigenvalue weighted by atomic mass is 32.1. The third-order valence-electron chi connectivity index (χ3n) is 2.22. The van der Waals surface area contributed by atoms with Gasteiger partial charge in [0.15, 0.2) is 5.13 Å². The molecule has 0 aliphatic carbocycles. The van der Waals surface area contributed by atoms with Crippen molar-refractivity contribution >= 4 is 22.6 Å². The molecule has 1 aromatic heterocycles. The molecule has 114 valence electrons. The van der Waals surface area contributed by atoms with Crippen LogP contribution < -0.4 is 11.1 Å². The molecule has 0 fully saturated rings. The van der Waals surface area contributed by atoms with E-state index in [0.717, 1.165) is 11.3 Å². The van der Waals surface area contributed by atoms with Crippen LogP contribution in [0.15, 0.2) is 0 Å². The number of hydrogen-bond donors (Lipinski definition) is 2. The van der Waals surface area contributed by atoms with E-state index >= 15 is 0 Å². The Morgan fingerprint density at radius 1 is 1.45 bits per heavy atom. The first-order chi connectivity index (χ1) is 9.02. The van der Waals surface area contributed by atoms with E-state index in [1.807, 2.05) is 0 Å². The van der Waals surface area contributed by atoms with E-state index < -0.39 is 30.6 Å². The number of nitrogens with zero attached hydrogens (tertiary/aromatic N) is 1. The Balaban J connectivity index is 2.73. The lowest BCUT2D eigenvalue weighted by molar-refractivity contribution is 0.0121. The third-order valence-corrected chi connectivity index (χ3v) is 3.29. The molecule has 0 unspecified atom stereocenters. The van der Waals surface area contributed by atoms with E-state index in [1.54, 1.807) is 27.7 Å². The van der Waals surface area contributed by atoms with E-state index in [0.29, 0.717) is 10.6 Å². The van der Waals surface area contributed by atoms with Crippen LogP contribution in [0, 0.1) is 6.92 Å². The van der Waals surface area contributed by atoms with Crippen LogP contribution in [0.4, 0.5) is 18.7 Å². The number of nitrogens with two attached hydrogens (primary N) is 1. The van der Waals surface area contributed by atoms with Gasteiger partial charge in [0, 0.05) is 11.3 Å². The maximum Gasteiger partial charge on any atom is 0.413 e. The first-order valence-electron chi connectivity index (χ1n) is 6.06. The molecule has 0 spiro atoms. The SMILES string of the molecule is Cc1nc(NC(=O)OC(C)(C)C)sc1CC(F)(F)CN. The van der Waals surface area contributed by atoms with Crippen LogP contribution >= 0.6 is 11.3 Å². The van der Waals surface area contributed by atoms with Gasteiger partial charge in [-0.1, -0.05) is 0 Å². The Kier molecular flexibility index (Phi) is 5.04. The predicted molar refractivity (Wildman–Crippen MR) is 74.4 cm³/mol. The summed E-state index contributed by atoms with van der Waals surface area (Å²) in [4.78, 5) is 16.0. The topological polar surface area (TPSA) is 77.2 Å². The largest absolute Gasteiger partial charge is 0.444 e. The van der Waals surface area contributed by atoms with E-state index in [2.05, 4.69) is 10.3 Å². The van der Waals surface area contributed by atoms with Gasteiger partial charge in [-0.2, -0.15) is 0 Å². The number of carbonyl (C=O) groups excluding carboxylic acids is 1. The number of alkyl halides is 2. The first kappa shape index (κ1) is 16.8. The zero-order chi connectivity index (χ0) is 15.6. The molecule has 3 N–H and O–H groups in total. The molecule has 0 radical (unpaired) electrons. The molecule has 5 nitrogen and oxygen atoms in total. The Hall–Kier alpha value is -1.28. The van der Waals surface area contributed by atoms with Crippen molar-refractivity contribution in [3.63, 3.8) is 0 Å². The normalized spacial score (nSPS) is 12.3. The molecule has 0 aliphatic rings. The fourth-order valence-electron chi connectivity index (χ4n) is 1.34. The predicted octanol–water partition coefficient (Wildman–Crippen LogP) is 2.94. The van der Waals surface area contributed by atoms with Gasteiger partial charge in [0.1, 0.15) is 5.60 Å². The van der Waals surface area contributed by atoms with Crippen LogP contribution in [-0.4, -0.2) is 29.1 Å². The van der Waals surface area contributed by atoms with E-state index in [1.165, 1.54) is 0 Å². The van der Waals surface area contributed by atoms with Gasteiger partial charge < -0.3 is 10.5 Å². The minimum atomic E-state index is -2.97. The number of rotatable bonds is 4. The van der Waals surface area contributed by atoms with Gasteiger partial charge in [-0.25, -0.2) is 18.6 Å². The minimum absolute atomic E-state index is 0.236. The maximum absolute atomic E-state index is 13.3. The van der Waals surface area contributed by atoms with Gasteiger partial charge >= 0.3 is 6.09 Å². The van der Waals surface area contributed by atoms with Crippen molar-refractivity contribution in [2.75, 3.05) is 11.9 Å². The fourth-order valence-corrected chi connectivity index (χ4v) is 2.37. The molecular weight excluding hydrogens is 288 g/mol. The van der Waals surface area contributed by atoms with Gasteiger partial charge in [0.2, 0.25) is 0 Å². The molecule has 0 aliphatic heterocycles. The molecular formula is C12H19F2N3O2S. The smallest absolute Gasteiger partial charge is 0.413 e. The summed E-state index contributed by atoms with van der Waals surface area (Å²) in [5.41, 5.74) is 4.83. The monoisotopic (exact) mass is 307 g/mol. The molecule has 1 rings (SSSR count). The Morgan fingerprint density at radius 3 is 2.55 bits per heavy atom. The van der Waals surface area contributed by atoms with Crippen LogP contribution in [0.3, 0.4) is 0 Å². The molecule has 0 atom stereocenters. The molecule has 20 heavy (non-hydrogen) atoms. The maximum atomic E-state index is 13.3. The summed E-state index contributed by atoms with van der Waals surface area (Å²) in [6, 6.07) is 0. The minimum Gasteiger partial charge on any atom is -0.444 e. The van der Waals surface area contributed by atoms with Crippen LogP contribution in [0.2, 0.25) is 0 Å². The number of aryl methyl sites for hydroxylation is 1. The summed E-state index contributed by atoms with van der Waals surface area (Å²) < 4.78 is 31.6. The van der Waals surface area contributed by atoms with Crippen molar-refractivity contribution in [1.29, 1.82) is 0 Å². The van der Waals surface area contributed by atoms with Crippen molar-refractivity contribution in [2.45, 2.75) is 45.6 Å².